The lowest BCUT2D eigenvalue weighted by molar-refractivity contribution is 0.540. The summed E-state index contributed by atoms with van der Waals surface area (Å²) >= 11 is 0. The minimum atomic E-state index is 0.855. The number of benzene rings is 1. The second-order valence-electron chi connectivity index (χ2n) is 10.8. The summed E-state index contributed by atoms with van der Waals surface area (Å²) in [5.41, 5.74) is 13.9. The van der Waals surface area contributed by atoms with Crippen LogP contribution in [0.3, 0.4) is 0 Å². The first-order valence-corrected chi connectivity index (χ1v) is 15.8. The molecule has 0 fully saturated rings. The Labute approximate surface area is 225 Å². The van der Waals surface area contributed by atoms with Crippen molar-refractivity contribution < 1.29 is 0 Å². The average Bonchev–Trinajstić information content (AvgIpc) is 2.90. The highest BCUT2D eigenvalue weighted by atomic mass is 14.9. The van der Waals surface area contributed by atoms with Crippen molar-refractivity contribution in [1.29, 1.82) is 0 Å². The van der Waals surface area contributed by atoms with Gasteiger partial charge in [0.2, 0.25) is 0 Å². The van der Waals surface area contributed by atoms with Crippen LogP contribution in [0.25, 0.3) is 0 Å². The monoisotopic (exact) mass is 502 g/mol. The topological polar surface area (TPSA) is 76.1 Å². The van der Waals surface area contributed by atoms with Crippen LogP contribution in [0, 0.1) is 0 Å². The van der Waals surface area contributed by atoms with Gasteiger partial charge in [-0.2, -0.15) is 0 Å². The molecule has 6 N–H and O–H groups in total. The van der Waals surface area contributed by atoms with Gasteiger partial charge in [-0.1, -0.05) is 127 Å². The van der Waals surface area contributed by atoms with Gasteiger partial charge in [0.25, 0.3) is 0 Å². The number of nitrogens with one attached hydrogen (secondary N) is 2. The standard InChI is InChI=1S/C32H62N4/c33-24-17-13-9-5-1-3-7-11-15-19-26-35-29-31-22-21-23-32(28-31)30-36-27-20-16-12-8-4-2-6-10-14-18-25-34/h21-23,28,35-36H,1-20,24-27,29-30,33-34H2. The zero-order valence-electron chi connectivity index (χ0n) is 23.8. The van der Waals surface area contributed by atoms with Gasteiger partial charge in [0.05, 0.1) is 0 Å². The molecular weight excluding hydrogens is 440 g/mol. The molecular formula is C32H62N4. The molecule has 0 aliphatic rings. The summed E-state index contributed by atoms with van der Waals surface area (Å²) in [6.07, 6.45) is 27.1. The number of hydrogen-bond donors (Lipinski definition) is 4. The first-order valence-electron chi connectivity index (χ1n) is 15.8. The minimum Gasteiger partial charge on any atom is -0.330 e. The van der Waals surface area contributed by atoms with Gasteiger partial charge in [0.15, 0.2) is 0 Å². The Hall–Kier alpha value is -0.940. The molecule has 0 unspecified atom stereocenters. The summed E-state index contributed by atoms with van der Waals surface area (Å²) in [5, 5.41) is 7.28. The van der Waals surface area contributed by atoms with Crippen LogP contribution in [0.2, 0.25) is 0 Å². The van der Waals surface area contributed by atoms with E-state index in [4.69, 9.17) is 11.5 Å². The van der Waals surface area contributed by atoms with Crippen molar-refractivity contribution in [2.24, 2.45) is 11.5 Å². The highest BCUT2D eigenvalue weighted by Crippen LogP contribution is 2.12. The molecule has 0 amide bonds. The minimum absolute atomic E-state index is 0.855. The van der Waals surface area contributed by atoms with Gasteiger partial charge in [-0.15, -0.1) is 0 Å². The van der Waals surface area contributed by atoms with E-state index in [1.807, 2.05) is 0 Å². The van der Waals surface area contributed by atoms with E-state index in [0.29, 0.717) is 0 Å². The van der Waals surface area contributed by atoms with Crippen molar-refractivity contribution in [3.05, 3.63) is 35.4 Å². The van der Waals surface area contributed by atoms with E-state index in [0.717, 1.165) is 39.3 Å². The van der Waals surface area contributed by atoms with Crippen LogP contribution in [0.4, 0.5) is 0 Å². The lowest BCUT2D eigenvalue weighted by Crippen LogP contribution is -2.16. The van der Waals surface area contributed by atoms with E-state index in [-0.39, 0.29) is 0 Å². The van der Waals surface area contributed by atoms with Crippen LogP contribution >= 0.6 is 0 Å². The summed E-state index contributed by atoms with van der Waals surface area (Å²) in [6, 6.07) is 9.08. The molecule has 36 heavy (non-hydrogen) atoms. The third-order valence-corrected chi connectivity index (χ3v) is 7.26. The molecule has 0 radical (unpaired) electrons. The SMILES string of the molecule is NCCCCCCCCCCCCNCc1cccc(CNCCCCCCCCCCCCN)c1. The smallest absolute Gasteiger partial charge is 0.0205 e. The molecule has 1 rings (SSSR count). The van der Waals surface area contributed by atoms with Crippen LogP contribution in [-0.4, -0.2) is 26.2 Å². The van der Waals surface area contributed by atoms with Crippen molar-refractivity contribution in [2.75, 3.05) is 26.2 Å². The number of hydrogen-bond acceptors (Lipinski definition) is 4. The summed E-state index contributed by atoms with van der Waals surface area (Å²) < 4.78 is 0. The Morgan fingerprint density at radius 3 is 1.06 bits per heavy atom. The Morgan fingerprint density at radius 1 is 0.417 bits per heavy atom. The first kappa shape index (κ1) is 33.1. The van der Waals surface area contributed by atoms with E-state index in [9.17, 15) is 0 Å². The maximum atomic E-state index is 5.54. The van der Waals surface area contributed by atoms with Crippen LogP contribution in [0.1, 0.15) is 140 Å². The van der Waals surface area contributed by atoms with Gasteiger partial charge in [-0.05, 0) is 63.0 Å². The quantitative estimate of drug-likeness (QED) is 0.0890. The van der Waals surface area contributed by atoms with E-state index in [1.165, 1.54) is 140 Å². The number of rotatable bonds is 28. The molecule has 0 saturated heterocycles. The van der Waals surface area contributed by atoms with E-state index >= 15 is 0 Å². The van der Waals surface area contributed by atoms with Crippen LogP contribution in [-0.2, 0) is 13.1 Å². The predicted molar refractivity (Wildman–Crippen MR) is 160 cm³/mol. The first-order chi connectivity index (χ1) is 17.9. The van der Waals surface area contributed by atoms with E-state index in [1.54, 1.807) is 0 Å². The zero-order chi connectivity index (χ0) is 25.8. The van der Waals surface area contributed by atoms with Crippen molar-refractivity contribution in [3.63, 3.8) is 0 Å². The summed E-state index contributed by atoms with van der Waals surface area (Å²) in [4.78, 5) is 0. The van der Waals surface area contributed by atoms with Gasteiger partial charge < -0.3 is 22.1 Å². The normalized spacial score (nSPS) is 11.4. The van der Waals surface area contributed by atoms with Gasteiger partial charge in [0.1, 0.15) is 0 Å². The van der Waals surface area contributed by atoms with Gasteiger partial charge in [0, 0.05) is 13.1 Å². The van der Waals surface area contributed by atoms with Gasteiger partial charge in [-0.3, -0.25) is 0 Å². The molecule has 0 aromatic heterocycles. The van der Waals surface area contributed by atoms with E-state index in [2.05, 4.69) is 34.9 Å². The Balaban J connectivity index is 1.89. The summed E-state index contributed by atoms with van der Waals surface area (Å²) in [5.74, 6) is 0. The fraction of sp³-hybridized carbons (Fsp3) is 0.812. The zero-order valence-corrected chi connectivity index (χ0v) is 23.8. The second-order valence-corrected chi connectivity index (χ2v) is 10.8. The third kappa shape index (κ3) is 22.3. The van der Waals surface area contributed by atoms with Gasteiger partial charge >= 0.3 is 0 Å². The fourth-order valence-corrected chi connectivity index (χ4v) is 4.93. The molecule has 4 heteroatoms. The molecule has 0 saturated carbocycles. The average molecular weight is 503 g/mol. The molecule has 0 heterocycles. The highest BCUT2D eigenvalue weighted by Gasteiger charge is 1.98. The second kappa shape index (κ2) is 27.1. The van der Waals surface area contributed by atoms with Crippen LogP contribution in [0.15, 0.2) is 24.3 Å². The van der Waals surface area contributed by atoms with E-state index < -0.39 is 0 Å². The third-order valence-electron chi connectivity index (χ3n) is 7.26. The van der Waals surface area contributed by atoms with Crippen molar-refractivity contribution in [3.8, 4) is 0 Å². The number of unbranched alkanes of at least 4 members (excludes halogenated alkanes) is 18. The largest absolute Gasteiger partial charge is 0.330 e. The Kier molecular flexibility index (Phi) is 24.9. The fourth-order valence-electron chi connectivity index (χ4n) is 4.93. The van der Waals surface area contributed by atoms with Crippen molar-refractivity contribution >= 4 is 0 Å². The molecule has 0 spiro atoms. The molecule has 0 aliphatic carbocycles. The molecule has 1 aromatic rings. The molecule has 0 atom stereocenters. The Morgan fingerprint density at radius 2 is 0.722 bits per heavy atom. The van der Waals surface area contributed by atoms with Gasteiger partial charge in [-0.25, -0.2) is 0 Å². The lowest BCUT2D eigenvalue weighted by Gasteiger charge is -2.09. The highest BCUT2D eigenvalue weighted by molar-refractivity contribution is 5.23. The maximum Gasteiger partial charge on any atom is 0.0205 e. The molecule has 1 aromatic carbocycles. The molecule has 0 bridgehead atoms. The molecule has 0 aliphatic heterocycles. The number of nitrogens with two attached hydrogens (primary N) is 2. The van der Waals surface area contributed by atoms with Crippen LogP contribution in [0.5, 0.6) is 0 Å². The predicted octanol–water partition coefficient (Wildman–Crippen LogP) is 7.59. The molecule has 210 valence electrons. The Bertz CT molecular complexity index is 518. The van der Waals surface area contributed by atoms with Crippen molar-refractivity contribution in [1.82, 2.24) is 10.6 Å². The van der Waals surface area contributed by atoms with Crippen molar-refractivity contribution in [2.45, 2.75) is 142 Å². The summed E-state index contributed by atoms with van der Waals surface area (Å²) in [6.45, 7) is 5.96. The molecule has 4 nitrogen and oxygen atoms in total. The lowest BCUT2D eigenvalue weighted by atomic mass is 10.1. The maximum absolute atomic E-state index is 5.54. The summed E-state index contributed by atoms with van der Waals surface area (Å²) in [7, 11) is 0. The van der Waals surface area contributed by atoms with Crippen LogP contribution < -0.4 is 22.1 Å².